The minimum absolute atomic E-state index is 0.000273. The molecule has 0 spiro atoms. The number of amides is 1. The van der Waals surface area contributed by atoms with E-state index in [2.05, 4.69) is 32.9 Å². The number of aliphatic imine (C=N–C) groups is 2. The van der Waals surface area contributed by atoms with Gasteiger partial charge < -0.3 is 14.7 Å². The van der Waals surface area contributed by atoms with Crippen LogP contribution in [0.2, 0.25) is 0 Å². The molecule has 5 rings (SSSR count). The first kappa shape index (κ1) is 17.9. The normalized spacial score (nSPS) is 21.4. The molecule has 8 nitrogen and oxygen atoms in total. The van der Waals surface area contributed by atoms with Gasteiger partial charge in [-0.05, 0) is 12.5 Å². The lowest BCUT2D eigenvalue weighted by molar-refractivity contribution is 0.0663. The lowest BCUT2D eigenvalue weighted by Crippen LogP contribution is -2.48. The Morgan fingerprint density at radius 2 is 1.97 bits per heavy atom. The molecule has 0 saturated carbocycles. The molecule has 1 unspecified atom stereocenters. The van der Waals surface area contributed by atoms with Gasteiger partial charge in [0, 0.05) is 51.2 Å². The number of carbonyl (C=O) groups is 1. The highest BCUT2D eigenvalue weighted by Gasteiger charge is 2.29. The zero-order valence-corrected chi connectivity index (χ0v) is 16.8. The number of rotatable bonds is 3. The molecule has 1 aromatic heterocycles. The molecule has 3 aliphatic heterocycles. The summed E-state index contributed by atoms with van der Waals surface area (Å²) < 4.78 is 1.78. The van der Waals surface area contributed by atoms with E-state index in [0.717, 1.165) is 48.6 Å². The maximum absolute atomic E-state index is 13.1. The minimum Gasteiger partial charge on any atom is -0.353 e. The number of hydrogen-bond acceptors (Lipinski definition) is 6. The molecule has 29 heavy (non-hydrogen) atoms. The Morgan fingerprint density at radius 3 is 2.76 bits per heavy atom. The highest BCUT2D eigenvalue weighted by atomic mass is 16.2. The Hall–Kier alpha value is -3.16. The van der Waals surface area contributed by atoms with Crippen LogP contribution in [0.15, 0.2) is 46.1 Å². The fraction of sp³-hybridized carbons (Fsp3) is 0.429. The van der Waals surface area contributed by atoms with E-state index in [1.54, 1.807) is 4.68 Å². The number of carbonyl (C=O) groups excluding carboxylic acids is 1. The van der Waals surface area contributed by atoms with E-state index in [0.29, 0.717) is 24.8 Å². The van der Waals surface area contributed by atoms with Crippen molar-refractivity contribution in [3.05, 3.63) is 41.9 Å². The Kier molecular flexibility index (Phi) is 4.34. The third-order valence-electron chi connectivity index (χ3n) is 5.93. The summed E-state index contributed by atoms with van der Waals surface area (Å²) in [5.74, 6) is 1.94. The third-order valence-corrected chi connectivity index (χ3v) is 5.93. The molecule has 1 amide bonds. The summed E-state index contributed by atoms with van der Waals surface area (Å²) in [6.07, 6.45) is 5.00. The molecule has 3 aliphatic rings. The molecule has 0 N–H and O–H groups in total. The molecule has 1 saturated heterocycles. The maximum Gasteiger partial charge on any atom is 0.275 e. The van der Waals surface area contributed by atoms with E-state index in [-0.39, 0.29) is 5.91 Å². The number of piperazine rings is 1. The lowest BCUT2D eigenvalue weighted by atomic mass is 10.2. The fourth-order valence-electron chi connectivity index (χ4n) is 4.18. The van der Waals surface area contributed by atoms with Gasteiger partial charge in [0.1, 0.15) is 11.7 Å². The molecule has 1 aromatic carbocycles. The number of aromatic nitrogens is 2. The van der Waals surface area contributed by atoms with E-state index in [1.165, 1.54) is 0 Å². The Labute approximate surface area is 169 Å². The smallest absolute Gasteiger partial charge is 0.275 e. The van der Waals surface area contributed by atoms with Crippen molar-refractivity contribution < 1.29 is 4.79 Å². The van der Waals surface area contributed by atoms with Crippen LogP contribution in [0.5, 0.6) is 0 Å². The van der Waals surface area contributed by atoms with Gasteiger partial charge in [0.2, 0.25) is 0 Å². The van der Waals surface area contributed by atoms with Crippen LogP contribution in [0.25, 0.3) is 10.9 Å². The van der Waals surface area contributed by atoms with Gasteiger partial charge in [-0.3, -0.25) is 14.5 Å². The highest BCUT2D eigenvalue weighted by molar-refractivity contribution is 6.05. The standard InChI is InChI=1S/C21H25N7O/c1-3-15-13-28-14-22-18(12-19(28)23-15)26-8-10-27(11-9-26)21(29)20-16-6-4-5-7-17(16)25(2)24-20/h4-7,12,14-15H,3,8-11,13H2,1-2H3. The summed E-state index contributed by atoms with van der Waals surface area (Å²) in [6.45, 7) is 5.90. The number of fused-ring (bicyclic) bond motifs is 2. The second-order valence-electron chi connectivity index (χ2n) is 7.72. The molecule has 0 bridgehead atoms. The second kappa shape index (κ2) is 7.02. The quantitative estimate of drug-likeness (QED) is 0.799. The molecule has 1 atom stereocenters. The predicted molar refractivity (Wildman–Crippen MR) is 113 cm³/mol. The Morgan fingerprint density at radius 1 is 1.17 bits per heavy atom. The number of aryl methyl sites for hydroxylation is 1. The van der Waals surface area contributed by atoms with Crippen molar-refractivity contribution in [3.63, 3.8) is 0 Å². The van der Waals surface area contributed by atoms with Crippen molar-refractivity contribution in [2.45, 2.75) is 19.4 Å². The van der Waals surface area contributed by atoms with E-state index in [9.17, 15) is 4.79 Å². The van der Waals surface area contributed by atoms with Crippen molar-refractivity contribution in [2.75, 3.05) is 32.7 Å². The summed E-state index contributed by atoms with van der Waals surface area (Å²) >= 11 is 0. The van der Waals surface area contributed by atoms with Crippen LogP contribution in [0.1, 0.15) is 23.8 Å². The number of para-hydroxylation sites is 1. The van der Waals surface area contributed by atoms with Crippen LogP contribution in [0.3, 0.4) is 0 Å². The van der Waals surface area contributed by atoms with Crippen molar-refractivity contribution in [1.82, 2.24) is 24.5 Å². The first-order valence-corrected chi connectivity index (χ1v) is 10.2. The van der Waals surface area contributed by atoms with E-state index < -0.39 is 0 Å². The molecule has 0 aliphatic carbocycles. The molecule has 4 heterocycles. The van der Waals surface area contributed by atoms with Gasteiger partial charge in [0.15, 0.2) is 5.69 Å². The molecular formula is C21H25N7O. The summed E-state index contributed by atoms with van der Waals surface area (Å²) in [7, 11) is 1.88. The van der Waals surface area contributed by atoms with Crippen LogP contribution in [0, 0.1) is 0 Å². The maximum atomic E-state index is 13.1. The molecule has 2 aromatic rings. The van der Waals surface area contributed by atoms with Gasteiger partial charge in [-0.1, -0.05) is 25.1 Å². The van der Waals surface area contributed by atoms with E-state index in [4.69, 9.17) is 4.99 Å². The van der Waals surface area contributed by atoms with Crippen LogP contribution >= 0.6 is 0 Å². The SMILES string of the molecule is CCC1CN2C=NC(N3CCN(C(=O)c4nn(C)c5ccccc45)CC3)=CC2=N1. The molecular weight excluding hydrogens is 366 g/mol. The predicted octanol–water partition coefficient (Wildman–Crippen LogP) is 1.71. The third kappa shape index (κ3) is 3.08. The second-order valence-corrected chi connectivity index (χ2v) is 7.72. The van der Waals surface area contributed by atoms with Gasteiger partial charge in [0.25, 0.3) is 5.91 Å². The van der Waals surface area contributed by atoms with Crippen LogP contribution in [-0.4, -0.2) is 81.3 Å². The first-order valence-electron chi connectivity index (χ1n) is 10.2. The summed E-state index contributed by atoms with van der Waals surface area (Å²) in [6, 6.07) is 8.22. The average Bonchev–Trinajstić information content (AvgIpc) is 3.34. The fourth-order valence-corrected chi connectivity index (χ4v) is 4.18. The first-order chi connectivity index (χ1) is 14.1. The number of benzene rings is 1. The monoisotopic (exact) mass is 391 g/mol. The van der Waals surface area contributed by atoms with Crippen LogP contribution < -0.4 is 0 Å². The van der Waals surface area contributed by atoms with Crippen LogP contribution in [0.4, 0.5) is 0 Å². The largest absolute Gasteiger partial charge is 0.353 e. The topological polar surface area (TPSA) is 69.3 Å². The Bertz CT molecular complexity index is 1040. The van der Waals surface area contributed by atoms with Gasteiger partial charge in [0.05, 0.1) is 17.9 Å². The van der Waals surface area contributed by atoms with Gasteiger partial charge in [-0.2, -0.15) is 5.10 Å². The van der Waals surface area contributed by atoms with Gasteiger partial charge in [-0.15, -0.1) is 0 Å². The number of amidine groups is 1. The van der Waals surface area contributed by atoms with Gasteiger partial charge >= 0.3 is 0 Å². The molecule has 0 radical (unpaired) electrons. The van der Waals surface area contributed by atoms with Crippen molar-refractivity contribution in [3.8, 4) is 0 Å². The Balaban J connectivity index is 1.28. The van der Waals surface area contributed by atoms with Gasteiger partial charge in [-0.25, -0.2) is 4.99 Å². The number of hydrogen-bond donors (Lipinski definition) is 0. The highest BCUT2D eigenvalue weighted by Crippen LogP contribution is 2.22. The van der Waals surface area contributed by atoms with Crippen molar-refractivity contribution in [1.29, 1.82) is 0 Å². The molecule has 8 heteroatoms. The summed E-state index contributed by atoms with van der Waals surface area (Å²) in [4.78, 5) is 28.7. The lowest BCUT2D eigenvalue weighted by Gasteiger charge is -2.36. The minimum atomic E-state index is -0.000273. The van der Waals surface area contributed by atoms with E-state index in [1.807, 2.05) is 42.6 Å². The van der Waals surface area contributed by atoms with E-state index >= 15 is 0 Å². The molecule has 150 valence electrons. The average molecular weight is 391 g/mol. The molecule has 1 fully saturated rings. The number of nitrogens with zero attached hydrogens (tertiary/aromatic N) is 7. The van der Waals surface area contributed by atoms with Crippen LogP contribution in [-0.2, 0) is 7.05 Å². The van der Waals surface area contributed by atoms with Crippen molar-refractivity contribution >= 4 is 29.0 Å². The van der Waals surface area contributed by atoms with Crippen molar-refractivity contribution in [2.24, 2.45) is 17.0 Å². The zero-order chi connectivity index (χ0) is 20.0. The summed E-state index contributed by atoms with van der Waals surface area (Å²) in [5, 5.41) is 5.39. The summed E-state index contributed by atoms with van der Waals surface area (Å²) in [5.41, 5.74) is 1.51. The zero-order valence-electron chi connectivity index (χ0n) is 16.8.